The first-order valence-corrected chi connectivity index (χ1v) is 5.70. The number of carbonyl (C=O) groups excluding carboxylic acids is 1. The molecule has 0 spiro atoms. The summed E-state index contributed by atoms with van der Waals surface area (Å²) in [5.74, 6) is -0.935. The molecule has 0 radical (unpaired) electrons. The van der Waals surface area contributed by atoms with Crippen LogP contribution in [0.15, 0.2) is 0 Å². The van der Waals surface area contributed by atoms with E-state index in [1.165, 1.54) is 0 Å². The lowest BCUT2D eigenvalue weighted by Crippen LogP contribution is -2.41. The lowest BCUT2D eigenvalue weighted by Gasteiger charge is -2.27. The molecule has 1 amide bonds. The van der Waals surface area contributed by atoms with Crippen molar-refractivity contribution in [3.05, 3.63) is 0 Å². The molecule has 0 heterocycles. The van der Waals surface area contributed by atoms with Crippen LogP contribution in [-0.4, -0.2) is 23.0 Å². The summed E-state index contributed by atoms with van der Waals surface area (Å²) in [4.78, 5) is 22.3. The van der Waals surface area contributed by atoms with Crippen molar-refractivity contribution < 1.29 is 14.7 Å². The Bertz CT molecular complexity index is 255. The second kappa shape index (κ2) is 5.87. The molecule has 0 aromatic carbocycles. The van der Waals surface area contributed by atoms with Gasteiger partial charge in [0.05, 0.1) is 0 Å². The van der Waals surface area contributed by atoms with Gasteiger partial charge in [-0.3, -0.25) is 4.79 Å². The van der Waals surface area contributed by atoms with Gasteiger partial charge in [-0.15, -0.1) is 0 Å². The Balaban J connectivity index is 4.23. The van der Waals surface area contributed by atoms with Crippen LogP contribution in [0.4, 0.5) is 0 Å². The van der Waals surface area contributed by atoms with Crippen LogP contribution in [0.1, 0.15) is 47.5 Å². The van der Waals surface area contributed by atoms with Gasteiger partial charge in [0, 0.05) is 6.42 Å². The van der Waals surface area contributed by atoms with Crippen molar-refractivity contribution in [3.8, 4) is 0 Å². The molecule has 0 aliphatic heterocycles. The molecule has 4 nitrogen and oxygen atoms in total. The van der Waals surface area contributed by atoms with Gasteiger partial charge in [0.2, 0.25) is 5.91 Å². The van der Waals surface area contributed by atoms with Crippen molar-refractivity contribution in [1.82, 2.24) is 5.32 Å². The highest BCUT2D eigenvalue weighted by atomic mass is 16.4. The number of carboxylic acid groups (broad SMARTS) is 1. The second-order valence-corrected chi connectivity index (χ2v) is 5.34. The van der Waals surface area contributed by atoms with E-state index >= 15 is 0 Å². The van der Waals surface area contributed by atoms with Crippen LogP contribution in [0, 0.1) is 11.3 Å². The Labute approximate surface area is 97.4 Å². The van der Waals surface area contributed by atoms with E-state index in [-0.39, 0.29) is 17.2 Å². The summed E-state index contributed by atoms with van der Waals surface area (Å²) in [6.45, 7) is 9.95. The molecule has 0 aromatic rings. The molecule has 2 N–H and O–H groups in total. The van der Waals surface area contributed by atoms with Gasteiger partial charge in [0.1, 0.15) is 6.04 Å². The third-order valence-corrected chi connectivity index (χ3v) is 3.01. The fourth-order valence-corrected chi connectivity index (χ4v) is 1.18. The van der Waals surface area contributed by atoms with E-state index in [9.17, 15) is 9.59 Å². The topological polar surface area (TPSA) is 66.4 Å². The van der Waals surface area contributed by atoms with Gasteiger partial charge in [-0.25, -0.2) is 4.79 Å². The van der Waals surface area contributed by atoms with Crippen molar-refractivity contribution in [2.45, 2.75) is 53.5 Å². The molecule has 1 unspecified atom stereocenters. The van der Waals surface area contributed by atoms with Gasteiger partial charge in [-0.1, -0.05) is 34.6 Å². The minimum absolute atomic E-state index is 0.0578. The fraction of sp³-hybridized carbons (Fsp3) is 0.833. The predicted octanol–water partition coefficient (Wildman–Crippen LogP) is 2.04. The second-order valence-electron chi connectivity index (χ2n) is 5.34. The number of carbonyl (C=O) groups is 2. The van der Waals surface area contributed by atoms with Crippen LogP contribution in [0.5, 0.6) is 0 Å². The highest BCUT2D eigenvalue weighted by Crippen LogP contribution is 2.27. The number of hydrogen-bond acceptors (Lipinski definition) is 2. The number of aliphatic carboxylic acids is 1. The maximum atomic E-state index is 11.6. The number of rotatable bonds is 5. The third-order valence-electron chi connectivity index (χ3n) is 3.01. The number of carboxylic acids is 1. The molecule has 16 heavy (non-hydrogen) atoms. The van der Waals surface area contributed by atoms with Crippen molar-refractivity contribution in [3.63, 3.8) is 0 Å². The maximum absolute atomic E-state index is 11.6. The average molecular weight is 229 g/mol. The van der Waals surface area contributed by atoms with Crippen molar-refractivity contribution >= 4 is 11.9 Å². The third kappa shape index (κ3) is 5.14. The minimum atomic E-state index is -0.973. The van der Waals surface area contributed by atoms with E-state index < -0.39 is 12.0 Å². The van der Waals surface area contributed by atoms with Crippen LogP contribution >= 0.6 is 0 Å². The predicted molar refractivity (Wildman–Crippen MR) is 63.1 cm³/mol. The molecule has 0 aromatic heterocycles. The summed E-state index contributed by atoms with van der Waals surface area (Å²) in [6.07, 6.45) is 0.776. The molecule has 0 rings (SSSR count). The summed E-state index contributed by atoms with van der Waals surface area (Å²) >= 11 is 0. The van der Waals surface area contributed by atoms with Crippen molar-refractivity contribution in [2.24, 2.45) is 11.3 Å². The zero-order chi connectivity index (χ0) is 12.9. The Hall–Kier alpha value is -1.06. The van der Waals surface area contributed by atoms with Gasteiger partial charge in [-0.2, -0.15) is 0 Å². The van der Waals surface area contributed by atoms with E-state index in [0.29, 0.717) is 12.8 Å². The first-order chi connectivity index (χ1) is 7.18. The van der Waals surface area contributed by atoms with Crippen LogP contribution in [0.2, 0.25) is 0 Å². The number of nitrogens with one attached hydrogen (secondary N) is 1. The lowest BCUT2D eigenvalue weighted by atomic mass is 9.80. The van der Waals surface area contributed by atoms with E-state index in [2.05, 4.69) is 26.1 Å². The molecular formula is C12H23NO3. The van der Waals surface area contributed by atoms with E-state index in [1.54, 1.807) is 6.92 Å². The molecule has 0 saturated heterocycles. The Morgan fingerprint density at radius 2 is 1.81 bits per heavy atom. The highest BCUT2D eigenvalue weighted by Gasteiger charge is 2.24. The molecule has 0 fully saturated rings. The Morgan fingerprint density at radius 3 is 2.12 bits per heavy atom. The quantitative estimate of drug-likeness (QED) is 0.758. The van der Waals surface area contributed by atoms with Crippen molar-refractivity contribution in [1.29, 1.82) is 0 Å². The molecule has 0 aliphatic carbocycles. The number of amides is 1. The molecular weight excluding hydrogens is 206 g/mol. The van der Waals surface area contributed by atoms with Crippen molar-refractivity contribution in [2.75, 3.05) is 0 Å². The van der Waals surface area contributed by atoms with Gasteiger partial charge in [0.25, 0.3) is 0 Å². The van der Waals surface area contributed by atoms with Crippen LogP contribution in [-0.2, 0) is 9.59 Å². The molecule has 0 aliphatic rings. The van der Waals surface area contributed by atoms with Crippen LogP contribution < -0.4 is 5.32 Å². The summed E-state index contributed by atoms with van der Waals surface area (Å²) < 4.78 is 0. The normalized spacial score (nSPS) is 15.3. The van der Waals surface area contributed by atoms with E-state index in [1.807, 2.05) is 6.92 Å². The highest BCUT2D eigenvalue weighted by molar-refractivity contribution is 5.83. The molecule has 94 valence electrons. The lowest BCUT2D eigenvalue weighted by molar-refractivity contribution is -0.142. The Morgan fingerprint density at radius 1 is 1.31 bits per heavy atom. The largest absolute Gasteiger partial charge is 0.480 e. The summed E-state index contributed by atoms with van der Waals surface area (Å²) in [5, 5.41) is 11.3. The fourth-order valence-electron chi connectivity index (χ4n) is 1.18. The van der Waals surface area contributed by atoms with Gasteiger partial charge in [0.15, 0.2) is 0 Å². The van der Waals surface area contributed by atoms with Crippen LogP contribution in [0.25, 0.3) is 0 Å². The monoisotopic (exact) mass is 229 g/mol. The Kier molecular flexibility index (Phi) is 5.48. The molecule has 4 heteroatoms. The smallest absolute Gasteiger partial charge is 0.326 e. The molecule has 0 bridgehead atoms. The van der Waals surface area contributed by atoms with E-state index in [0.717, 1.165) is 0 Å². The first kappa shape index (κ1) is 14.9. The van der Waals surface area contributed by atoms with Gasteiger partial charge in [-0.05, 0) is 17.8 Å². The minimum Gasteiger partial charge on any atom is -0.480 e. The van der Waals surface area contributed by atoms with E-state index in [4.69, 9.17) is 5.11 Å². The molecule has 2 atom stereocenters. The zero-order valence-electron chi connectivity index (χ0n) is 10.8. The number of hydrogen-bond donors (Lipinski definition) is 2. The van der Waals surface area contributed by atoms with Crippen LogP contribution in [0.3, 0.4) is 0 Å². The summed E-state index contributed by atoms with van der Waals surface area (Å²) in [5.41, 5.74) is 0.0578. The zero-order valence-corrected chi connectivity index (χ0v) is 10.8. The van der Waals surface area contributed by atoms with Gasteiger partial charge >= 0.3 is 5.97 Å². The standard InChI is InChI=1S/C12H23NO3/c1-6-9(11(15)16)13-10(14)7-8(2)12(3,4)5/h8-9H,6-7H2,1-5H3,(H,13,14)(H,15,16)/t8?,9-/m1/s1. The average Bonchev–Trinajstić information content (AvgIpc) is 2.11. The van der Waals surface area contributed by atoms with Gasteiger partial charge < -0.3 is 10.4 Å². The summed E-state index contributed by atoms with van der Waals surface area (Å²) in [6, 6.07) is -0.764. The SMILES string of the molecule is CC[C@@H](NC(=O)CC(C)C(C)(C)C)C(=O)O. The maximum Gasteiger partial charge on any atom is 0.326 e. The molecule has 0 saturated carbocycles. The first-order valence-electron chi connectivity index (χ1n) is 5.70. The summed E-state index contributed by atoms with van der Waals surface area (Å²) in [7, 11) is 0.